The lowest BCUT2D eigenvalue weighted by atomic mass is 9.80. The van der Waals surface area contributed by atoms with Gasteiger partial charge in [0.05, 0.1) is 0 Å². The predicted molar refractivity (Wildman–Crippen MR) is 155 cm³/mol. The topological polar surface area (TPSA) is 12.9 Å². The van der Waals surface area contributed by atoms with Crippen LogP contribution in [0.5, 0.6) is 0 Å². The summed E-state index contributed by atoms with van der Waals surface area (Å²) in [5, 5.41) is 2.53. The number of pyridine rings is 1. The Morgan fingerprint density at radius 1 is 0.500 bits per heavy atom. The molecule has 0 saturated heterocycles. The van der Waals surface area contributed by atoms with E-state index in [1.165, 1.54) is 55.3 Å². The number of rotatable bonds is 3. The highest BCUT2D eigenvalue weighted by molar-refractivity contribution is 6.10. The van der Waals surface area contributed by atoms with Crippen LogP contribution in [0.4, 0.5) is 0 Å². The molecule has 0 amide bonds. The Bertz CT molecular complexity index is 1500. The fraction of sp³-hybridized carbons (Fsp3) is 0.229. The van der Waals surface area contributed by atoms with Crippen molar-refractivity contribution in [3.05, 3.63) is 115 Å². The van der Waals surface area contributed by atoms with Gasteiger partial charge in [0.15, 0.2) is 0 Å². The molecule has 0 aliphatic rings. The van der Waals surface area contributed by atoms with E-state index in [0.717, 1.165) is 0 Å². The van der Waals surface area contributed by atoms with Crippen LogP contribution in [-0.4, -0.2) is 4.98 Å². The molecular weight excluding hydrogens is 434 g/mol. The first kappa shape index (κ1) is 24.0. The fourth-order valence-corrected chi connectivity index (χ4v) is 4.96. The van der Waals surface area contributed by atoms with E-state index in [1.54, 1.807) is 0 Å². The van der Waals surface area contributed by atoms with Crippen LogP contribution >= 0.6 is 0 Å². The minimum Gasteiger partial charge on any atom is -0.265 e. The standard InChI is InChI=1S/C35H35N/c1-34(2,3)28-15-12-24(13-16-28)30-22-27-14-17-29(35(4,5)6)23-31(27)33(26-18-20-36-21-19-26)32(30)25-10-8-7-9-11-25/h7-23H,1-6H3. The minimum absolute atomic E-state index is 0.0675. The molecule has 0 spiro atoms. The van der Waals surface area contributed by atoms with E-state index in [9.17, 15) is 0 Å². The highest BCUT2D eigenvalue weighted by Crippen LogP contribution is 2.45. The molecule has 0 aliphatic heterocycles. The third-order valence-corrected chi connectivity index (χ3v) is 7.10. The van der Waals surface area contributed by atoms with Gasteiger partial charge in [-0.25, -0.2) is 0 Å². The maximum absolute atomic E-state index is 4.32. The Hall–Kier alpha value is -3.71. The lowest BCUT2D eigenvalue weighted by molar-refractivity contribution is 0.590. The van der Waals surface area contributed by atoms with E-state index < -0.39 is 0 Å². The first-order chi connectivity index (χ1) is 17.1. The number of benzene rings is 4. The molecule has 4 aromatic carbocycles. The van der Waals surface area contributed by atoms with E-state index in [4.69, 9.17) is 0 Å². The molecule has 0 radical (unpaired) electrons. The molecule has 5 rings (SSSR count). The maximum Gasteiger partial charge on any atom is 0.0273 e. The smallest absolute Gasteiger partial charge is 0.0273 e. The van der Waals surface area contributed by atoms with Crippen molar-refractivity contribution in [3.8, 4) is 33.4 Å². The summed E-state index contributed by atoms with van der Waals surface area (Å²) in [6, 6.07) is 33.6. The van der Waals surface area contributed by atoms with Crippen LogP contribution < -0.4 is 0 Å². The number of aromatic nitrogens is 1. The van der Waals surface area contributed by atoms with Gasteiger partial charge in [-0.15, -0.1) is 0 Å². The molecule has 1 aromatic heterocycles. The second kappa shape index (κ2) is 9.06. The van der Waals surface area contributed by atoms with Crippen molar-refractivity contribution in [2.45, 2.75) is 52.4 Å². The summed E-state index contributed by atoms with van der Waals surface area (Å²) in [7, 11) is 0. The number of hydrogen-bond donors (Lipinski definition) is 0. The van der Waals surface area contributed by atoms with E-state index >= 15 is 0 Å². The number of nitrogens with zero attached hydrogens (tertiary/aromatic N) is 1. The summed E-state index contributed by atoms with van der Waals surface area (Å²) in [6.07, 6.45) is 3.79. The Morgan fingerprint density at radius 3 is 1.69 bits per heavy atom. The lowest BCUT2D eigenvalue weighted by Gasteiger charge is -2.24. The van der Waals surface area contributed by atoms with Crippen LogP contribution in [0.3, 0.4) is 0 Å². The van der Waals surface area contributed by atoms with Crippen molar-refractivity contribution >= 4 is 10.8 Å². The van der Waals surface area contributed by atoms with Gasteiger partial charge < -0.3 is 0 Å². The van der Waals surface area contributed by atoms with Crippen LogP contribution in [0.15, 0.2) is 103 Å². The molecule has 0 N–H and O–H groups in total. The molecule has 5 aromatic rings. The highest BCUT2D eigenvalue weighted by atomic mass is 14.6. The second-order valence-corrected chi connectivity index (χ2v) is 11.8. The molecule has 1 heteroatoms. The third kappa shape index (κ3) is 4.58. The summed E-state index contributed by atoms with van der Waals surface area (Å²) in [5.74, 6) is 0. The van der Waals surface area contributed by atoms with E-state index in [-0.39, 0.29) is 10.8 Å². The molecule has 1 nitrogen and oxygen atoms in total. The van der Waals surface area contributed by atoms with Crippen molar-refractivity contribution in [3.63, 3.8) is 0 Å². The summed E-state index contributed by atoms with van der Waals surface area (Å²) in [4.78, 5) is 4.32. The molecule has 0 unspecified atom stereocenters. The molecule has 0 saturated carbocycles. The van der Waals surface area contributed by atoms with Gasteiger partial charge in [-0.1, -0.05) is 108 Å². The van der Waals surface area contributed by atoms with E-state index in [1.807, 2.05) is 12.4 Å². The molecule has 0 fully saturated rings. The van der Waals surface area contributed by atoms with Crippen molar-refractivity contribution in [2.24, 2.45) is 0 Å². The van der Waals surface area contributed by atoms with Crippen LogP contribution in [0.25, 0.3) is 44.2 Å². The maximum atomic E-state index is 4.32. The van der Waals surface area contributed by atoms with Crippen molar-refractivity contribution < 1.29 is 0 Å². The molecule has 0 aliphatic carbocycles. The summed E-state index contributed by atoms with van der Waals surface area (Å²) < 4.78 is 0. The summed E-state index contributed by atoms with van der Waals surface area (Å²) in [5.41, 5.74) is 10.3. The van der Waals surface area contributed by atoms with Crippen LogP contribution in [-0.2, 0) is 10.8 Å². The van der Waals surface area contributed by atoms with Crippen LogP contribution in [0.2, 0.25) is 0 Å². The van der Waals surface area contributed by atoms with Crippen molar-refractivity contribution in [1.82, 2.24) is 4.98 Å². The van der Waals surface area contributed by atoms with Gasteiger partial charge in [0.1, 0.15) is 0 Å². The second-order valence-electron chi connectivity index (χ2n) is 11.8. The normalized spacial score (nSPS) is 12.2. The highest BCUT2D eigenvalue weighted by Gasteiger charge is 2.21. The molecule has 36 heavy (non-hydrogen) atoms. The Labute approximate surface area is 215 Å². The minimum atomic E-state index is 0.0675. The average Bonchev–Trinajstić information content (AvgIpc) is 2.87. The quantitative estimate of drug-likeness (QED) is 0.256. The largest absolute Gasteiger partial charge is 0.265 e. The van der Waals surface area contributed by atoms with Gasteiger partial charge >= 0.3 is 0 Å². The Balaban J connectivity index is 1.90. The fourth-order valence-electron chi connectivity index (χ4n) is 4.96. The Morgan fingerprint density at radius 2 is 1.08 bits per heavy atom. The number of hydrogen-bond acceptors (Lipinski definition) is 1. The van der Waals surface area contributed by atoms with E-state index in [0.29, 0.717) is 0 Å². The molecule has 0 bridgehead atoms. The molecule has 0 atom stereocenters. The average molecular weight is 470 g/mol. The monoisotopic (exact) mass is 469 g/mol. The van der Waals surface area contributed by atoms with Crippen LogP contribution in [0.1, 0.15) is 52.7 Å². The van der Waals surface area contributed by atoms with E-state index in [2.05, 4.69) is 138 Å². The zero-order valence-corrected chi connectivity index (χ0v) is 22.3. The van der Waals surface area contributed by atoms with Gasteiger partial charge in [-0.05, 0) is 90.4 Å². The van der Waals surface area contributed by atoms with Gasteiger partial charge in [0.25, 0.3) is 0 Å². The van der Waals surface area contributed by atoms with Crippen LogP contribution in [0, 0.1) is 0 Å². The van der Waals surface area contributed by atoms with Gasteiger partial charge in [-0.2, -0.15) is 0 Å². The summed E-state index contributed by atoms with van der Waals surface area (Å²) in [6.45, 7) is 13.6. The lowest BCUT2D eigenvalue weighted by Crippen LogP contribution is -2.11. The molecular formula is C35H35N. The van der Waals surface area contributed by atoms with Crippen molar-refractivity contribution in [2.75, 3.05) is 0 Å². The van der Waals surface area contributed by atoms with Gasteiger partial charge in [0.2, 0.25) is 0 Å². The first-order valence-electron chi connectivity index (χ1n) is 12.8. The zero-order valence-electron chi connectivity index (χ0n) is 22.3. The molecule has 1 heterocycles. The first-order valence-corrected chi connectivity index (χ1v) is 12.8. The zero-order chi connectivity index (χ0) is 25.5. The summed E-state index contributed by atoms with van der Waals surface area (Å²) >= 11 is 0. The molecule has 180 valence electrons. The van der Waals surface area contributed by atoms with Crippen molar-refractivity contribution in [1.29, 1.82) is 0 Å². The predicted octanol–water partition coefficient (Wildman–Crippen LogP) is 9.83. The number of fused-ring (bicyclic) bond motifs is 1. The van der Waals surface area contributed by atoms with Gasteiger partial charge in [0, 0.05) is 12.4 Å². The SMILES string of the molecule is CC(C)(C)c1ccc(-c2cc3ccc(C(C)(C)C)cc3c(-c3ccncc3)c2-c2ccccc2)cc1. The third-order valence-electron chi connectivity index (χ3n) is 7.10. The Kier molecular flexibility index (Phi) is 6.04. The van der Waals surface area contributed by atoms with Gasteiger partial charge in [-0.3, -0.25) is 4.98 Å².